The first kappa shape index (κ1) is 10.2. The Morgan fingerprint density at radius 2 is 2.15 bits per heavy atom. The zero-order valence-electron chi connectivity index (χ0n) is 8.62. The van der Waals surface area contributed by atoms with E-state index in [1.807, 2.05) is 10.9 Å². The molecule has 2 N–H and O–H groups in total. The quantitative estimate of drug-likeness (QED) is 0.756. The normalized spacial score (nSPS) is 12.0. The molecule has 13 heavy (non-hydrogen) atoms. The third-order valence-corrected chi connectivity index (χ3v) is 1.87. The van der Waals surface area contributed by atoms with Crippen LogP contribution in [0, 0.1) is 0 Å². The summed E-state index contributed by atoms with van der Waals surface area (Å²) in [7, 11) is 0. The van der Waals surface area contributed by atoms with E-state index in [1.54, 1.807) is 0 Å². The highest BCUT2D eigenvalue weighted by Crippen LogP contribution is 2.12. The molecule has 0 unspecified atom stereocenters. The lowest BCUT2D eigenvalue weighted by Crippen LogP contribution is -2.22. The van der Waals surface area contributed by atoms with Gasteiger partial charge in [-0.05, 0) is 40.2 Å². The molecule has 0 aromatic carbocycles. The van der Waals surface area contributed by atoms with Gasteiger partial charge in [0.05, 0.1) is 11.2 Å². The molecule has 0 bridgehead atoms. The van der Waals surface area contributed by atoms with Crippen molar-refractivity contribution in [1.29, 1.82) is 0 Å². The van der Waals surface area contributed by atoms with Gasteiger partial charge in [0.2, 0.25) is 0 Å². The lowest BCUT2D eigenvalue weighted by Gasteiger charge is -2.17. The molecule has 1 aromatic rings. The molecular weight excluding hydrogens is 164 g/mol. The van der Waals surface area contributed by atoms with Crippen molar-refractivity contribution in [3.05, 3.63) is 11.9 Å². The summed E-state index contributed by atoms with van der Waals surface area (Å²) in [4.78, 5) is 0. The molecule has 0 aliphatic carbocycles. The van der Waals surface area contributed by atoms with Gasteiger partial charge in [-0.2, -0.15) is 0 Å². The SMILES string of the molecule is CC(C)(C)n1cc(CCCN)nn1. The molecule has 0 atom stereocenters. The van der Waals surface area contributed by atoms with Gasteiger partial charge in [0.1, 0.15) is 0 Å². The fourth-order valence-electron chi connectivity index (χ4n) is 1.02. The summed E-state index contributed by atoms with van der Waals surface area (Å²) >= 11 is 0. The molecule has 4 nitrogen and oxygen atoms in total. The molecule has 0 amide bonds. The van der Waals surface area contributed by atoms with Crippen molar-refractivity contribution in [1.82, 2.24) is 15.0 Å². The third-order valence-electron chi connectivity index (χ3n) is 1.87. The molecule has 0 fully saturated rings. The van der Waals surface area contributed by atoms with Gasteiger partial charge in [-0.1, -0.05) is 5.21 Å². The van der Waals surface area contributed by atoms with E-state index in [0.717, 1.165) is 18.5 Å². The summed E-state index contributed by atoms with van der Waals surface area (Å²) in [6.45, 7) is 7.03. The Labute approximate surface area is 79.1 Å². The van der Waals surface area contributed by atoms with Crippen LogP contribution in [0.5, 0.6) is 0 Å². The van der Waals surface area contributed by atoms with Gasteiger partial charge in [0, 0.05) is 6.20 Å². The van der Waals surface area contributed by atoms with Crippen LogP contribution in [-0.4, -0.2) is 21.5 Å². The van der Waals surface area contributed by atoms with E-state index in [0.29, 0.717) is 6.54 Å². The van der Waals surface area contributed by atoms with Gasteiger partial charge >= 0.3 is 0 Å². The summed E-state index contributed by atoms with van der Waals surface area (Å²) in [5, 5.41) is 8.14. The maximum Gasteiger partial charge on any atom is 0.0827 e. The van der Waals surface area contributed by atoms with Crippen molar-refractivity contribution >= 4 is 0 Å². The van der Waals surface area contributed by atoms with E-state index in [2.05, 4.69) is 31.1 Å². The second-order valence-corrected chi connectivity index (χ2v) is 4.22. The molecule has 0 radical (unpaired) electrons. The molecule has 0 saturated heterocycles. The van der Waals surface area contributed by atoms with Gasteiger partial charge in [-0.15, -0.1) is 5.10 Å². The van der Waals surface area contributed by atoms with Crippen molar-refractivity contribution in [2.75, 3.05) is 6.54 Å². The highest BCUT2D eigenvalue weighted by atomic mass is 15.4. The van der Waals surface area contributed by atoms with Crippen molar-refractivity contribution in [3.8, 4) is 0 Å². The molecule has 1 heterocycles. The number of hydrogen-bond acceptors (Lipinski definition) is 3. The van der Waals surface area contributed by atoms with Crippen molar-refractivity contribution in [2.24, 2.45) is 5.73 Å². The average Bonchev–Trinajstić information content (AvgIpc) is 2.47. The molecule has 1 rings (SSSR count). The number of rotatable bonds is 3. The summed E-state index contributed by atoms with van der Waals surface area (Å²) in [5.41, 5.74) is 6.46. The minimum absolute atomic E-state index is 0.0218. The zero-order chi connectivity index (χ0) is 9.90. The van der Waals surface area contributed by atoms with Gasteiger partial charge in [0.25, 0.3) is 0 Å². The van der Waals surface area contributed by atoms with E-state index in [4.69, 9.17) is 5.73 Å². The van der Waals surface area contributed by atoms with Crippen molar-refractivity contribution in [3.63, 3.8) is 0 Å². The molecule has 4 heteroatoms. The van der Waals surface area contributed by atoms with Crippen LogP contribution in [0.4, 0.5) is 0 Å². The summed E-state index contributed by atoms with van der Waals surface area (Å²) in [6, 6.07) is 0. The van der Waals surface area contributed by atoms with E-state index >= 15 is 0 Å². The van der Waals surface area contributed by atoms with Crippen LogP contribution in [0.1, 0.15) is 32.9 Å². The lowest BCUT2D eigenvalue weighted by atomic mass is 10.1. The minimum atomic E-state index is 0.0218. The Kier molecular flexibility index (Phi) is 3.03. The monoisotopic (exact) mass is 182 g/mol. The van der Waals surface area contributed by atoms with Crippen LogP contribution in [-0.2, 0) is 12.0 Å². The van der Waals surface area contributed by atoms with Crippen LogP contribution in [0.15, 0.2) is 6.20 Å². The highest BCUT2D eigenvalue weighted by molar-refractivity contribution is 4.94. The van der Waals surface area contributed by atoms with E-state index in [-0.39, 0.29) is 5.54 Å². The molecular formula is C9H18N4. The zero-order valence-corrected chi connectivity index (χ0v) is 8.62. The van der Waals surface area contributed by atoms with Crippen LogP contribution in [0.3, 0.4) is 0 Å². The maximum atomic E-state index is 5.41. The Hall–Kier alpha value is -0.900. The number of aromatic nitrogens is 3. The second-order valence-electron chi connectivity index (χ2n) is 4.22. The van der Waals surface area contributed by atoms with E-state index < -0.39 is 0 Å². The van der Waals surface area contributed by atoms with Crippen LogP contribution < -0.4 is 5.73 Å². The first-order chi connectivity index (χ1) is 6.04. The Balaban J connectivity index is 2.64. The summed E-state index contributed by atoms with van der Waals surface area (Å²) in [5.74, 6) is 0. The topological polar surface area (TPSA) is 56.7 Å². The van der Waals surface area contributed by atoms with Gasteiger partial charge in [-0.3, -0.25) is 0 Å². The first-order valence-corrected chi connectivity index (χ1v) is 4.66. The molecule has 74 valence electrons. The fourth-order valence-corrected chi connectivity index (χ4v) is 1.02. The van der Waals surface area contributed by atoms with Gasteiger partial charge in [0.15, 0.2) is 0 Å². The number of hydrogen-bond donors (Lipinski definition) is 1. The Morgan fingerprint density at radius 1 is 1.46 bits per heavy atom. The van der Waals surface area contributed by atoms with E-state index in [9.17, 15) is 0 Å². The largest absolute Gasteiger partial charge is 0.330 e. The molecule has 0 aliphatic heterocycles. The van der Waals surface area contributed by atoms with Crippen molar-refractivity contribution in [2.45, 2.75) is 39.2 Å². The first-order valence-electron chi connectivity index (χ1n) is 4.66. The highest BCUT2D eigenvalue weighted by Gasteiger charge is 2.14. The van der Waals surface area contributed by atoms with Crippen LogP contribution in [0.2, 0.25) is 0 Å². The predicted molar refractivity (Wildman–Crippen MR) is 52.4 cm³/mol. The number of nitrogens with two attached hydrogens (primary N) is 1. The lowest BCUT2D eigenvalue weighted by molar-refractivity contribution is 0.347. The molecule has 0 saturated carbocycles. The van der Waals surface area contributed by atoms with Crippen LogP contribution in [0.25, 0.3) is 0 Å². The third kappa shape index (κ3) is 2.81. The predicted octanol–water partition coefficient (Wildman–Crippen LogP) is 0.924. The van der Waals surface area contributed by atoms with E-state index in [1.165, 1.54) is 0 Å². The maximum absolute atomic E-state index is 5.41. The Morgan fingerprint density at radius 3 is 2.62 bits per heavy atom. The summed E-state index contributed by atoms with van der Waals surface area (Å²) < 4.78 is 1.89. The molecule has 0 aliphatic rings. The van der Waals surface area contributed by atoms with Gasteiger partial charge < -0.3 is 5.73 Å². The summed E-state index contributed by atoms with van der Waals surface area (Å²) in [6.07, 6.45) is 3.89. The molecule has 0 spiro atoms. The molecule has 1 aromatic heterocycles. The average molecular weight is 182 g/mol. The standard InChI is InChI=1S/C9H18N4/c1-9(2,3)13-7-8(11-12-13)5-4-6-10/h7H,4-6,10H2,1-3H3. The fraction of sp³-hybridized carbons (Fsp3) is 0.778. The van der Waals surface area contributed by atoms with Crippen LogP contribution >= 0.6 is 0 Å². The number of nitrogens with zero attached hydrogens (tertiary/aromatic N) is 3. The number of aryl methyl sites for hydroxylation is 1. The van der Waals surface area contributed by atoms with Gasteiger partial charge in [-0.25, -0.2) is 4.68 Å². The van der Waals surface area contributed by atoms with Crippen molar-refractivity contribution < 1.29 is 0 Å². The smallest absolute Gasteiger partial charge is 0.0827 e. The minimum Gasteiger partial charge on any atom is -0.330 e. The second kappa shape index (κ2) is 3.87. The Bertz CT molecular complexity index is 259.